The summed E-state index contributed by atoms with van der Waals surface area (Å²) in [5, 5.41) is 10.3. The Bertz CT molecular complexity index is 3150. The molecule has 2 heteroatoms. The minimum atomic E-state index is 0.0942. The summed E-state index contributed by atoms with van der Waals surface area (Å²) in [4.78, 5) is 0. The third-order valence-corrected chi connectivity index (χ3v) is 12.7. The lowest BCUT2D eigenvalue weighted by atomic mass is 9.63. The Hall–Kier alpha value is -6.12. The quantitative estimate of drug-likeness (QED) is 0.174. The van der Waals surface area contributed by atoms with Gasteiger partial charge in [0.05, 0.1) is 22.1 Å². The number of benzene rings is 8. The zero-order chi connectivity index (χ0) is 36.3. The Balaban J connectivity index is 1.28. The second-order valence-corrected chi connectivity index (χ2v) is 16.9. The number of nitrogens with zero attached hydrogens (tertiary/aromatic N) is 2. The first-order valence-corrected chi connectivity index (χ1v) is 19.4. The normalized spacial score (nSPS) is 15.2. The first-order valence-electron chi connectivity index (χ1n) is 19.4. The maximum Gasteiger partial charge on any atom is 0.0562 e. The Kier molecular flexibility index (Phi) is 6.51. The highest BCUT2D eigenvalue weighted by molar-refractivity contribution is 6.25. The van der Waals surface area contributed by atoms with Crippen LogP contribution in [0.15, 0.2) is 158 Å². The third kappa shape index (κ3) is 4.53. The van der Waals surface area contributed by atoms with Crippen molar-refractivity contribution in [3.63, 3.8) is 0 Å². The summed E-state index contributed by atoms with van der Waals surface area (Å²) in [6.45, 7) is 9.76. The predicted octanol–water partition coefficient (Wildman–Crippen LogP) is 14.2. The maximum absolute atomic E-state index is 2.57. The largest absolute Gasteiger partial charge is 0.309 e. The van der Waals surface area contributed by atoms with E-state index >= 15 is 0 Å². The van der Waals surface area contributed by atoms with Gasteiger partial charge in [-0.25, -0.2) is 0 Å². The fraction of sp³-hybridized carbons (Fsp3) is 0.154. The molecule has 2 aromatic heterocycles. The molecule has 0 radical (unpaired) electrons. The van der Waals surface area contributed by atoms with Gasteiger partial charge in [0.15, 0.2) is 0 Å². The molecule has 1 aliphatic carbocycles. The molecular weight excluding hydrogens is 653 g/mol. The summed E-state index contributed by atoms with van der Waals surface area (Å²) in [7, 11) is 0. The molecule has 0 saturated heterocycles. The number of fused-ring (bicyclic) bond motifs is 10. The van der Waals surface area contributed by atoms with Crippen molar-refractivity contribution in [2.75, 3.05) is 0 Å². The number of para-hydroxylation sites is 1. The van der Waals surface area contributed by atoms with E-state index in [0.29, 0.717) is 0 Å². The molecule has 2 nitrogen and oxygen atoms in total. The van der Waals surface area contributed by atoms with Gasteiger partial charge in [-0.05, 0) is 128 Å². The standard InChI is InChI=1S/C52H42N2/c1-51(2)25-26-52(3,4)45-31-47-42(30-44(45)51)41-29-43-49(53(38-17-6-5-7-18-38)46-24-23-34-14-10-11-20-40(34)50(43)46)32-48(41)54(47)39-19-12-16-36(28-39)37-22-21-33-13-8-9-15-35(33)27-37/h5-24,27-32H,25-26H2,1-4H3. The lowest BCUT2D eigenvalue weighted by Crippen LogP contribution is -2.33. The van der Waals surface area contributed by atoms with E-state index in [-0.39, 0.29) is 10.8 Å². The highest BCUT2D eigenvalue weighted by atomic mass is 15.0. The summed E-state index contributed by atoms with van der Waals surface area (Å²) in [5.74, 6) is 0. The molecule has 0 aliphatic heterocycles. The lowest BCUT2D eigenvalue weighted by molar-refractivity contribution is 0.332. The predicted molar refractivity (Wildman–Crippen MR) is 231 cm³/mol. The molecular formula is C52H42N2. The van der Waals surface area contributed by atoms with Crippen LogP contribution in [0.25, 0.3) is 87.7 Å². The summed E-state index contributed by atoms with van der Waals surface area (Å²) < 4.78 is 5.03. The molecule has 0 spiro atoms. The molecule has 11 rings (SSSR count). The van der Waals surface area contributed by atoms with Gasteiger partial charge in [0.25, 0.3) is 0 Å². The molecule has 0 atom stereocenters. The third-order valence-electron chi connectivity index (χ3n) is 12.7. The fourth-order valence-corrected chi connectivity index (χ4v) is 9.68. The second-order valence-electron chi connectivity index (χ2n) is 16.9. The number of aromatic nitrogens is 2. The molecule has 1 aliphatic rings. The van der Waals surface area contributed by atoms with Crippen LogP contribution < -0.4 is 0 Å². The zero-order valence-electron chi connectivity index (χ0n) is 31.3. The molecule has 0 fully saturated rings. The van der Waals surface area contributed by atoms with E-state index < -0.39 is 0 Å². The van der Waals surface area contributed by atoms with E-state index in [9.17, 15) is 0 Å². The van der Waals surface area contributed by atoms with Crippen molar-refractivity contribution in [3.05, 3.63) is 169 Å². The summed E-state index contributed by atoms with van der Waals surface area (Å²) in [6, 6.07) is 59.1. The number of hydrogen-bond acceptors (Lipinski definition) is 0. The SMILES string of the molecule is CC1(C)CCC(C)(C)c2cc3c(cc21)c1cc2c4c5ccccc5ccc4n(-c4ccccc4)c2cc1n3-c1cccc(-c2ccc3ccccc3c2)c1. The molecule has 54 heavy (non-hydrogen) atoms. The van der Waals surface area contributed by atoms with Crippen LogP contribution in [0.1, 0.15) is 51.7 Å². The second kappa shape index (κ2) is 11.2. The highest BCUT2D eigenvalue weighted by Crippen LogP contribution is 2.49. The average molecular weight is 695 g/mol. The molecule has 260 valence electrons. The van der Waals surface area contributed by atoms with Crippen molar-refractivity contribution < 1.29 is 0 Å². The summed E-state index contributed by atoms with van der Waals surface area (Å²) in [5.41, 5.74) is 12.9. The van der Waals surface area contributed by atoms with Gasteiger partial charge in [0.2, 0.25) is 0 Å². The Labute approximate surface area is 315 Å². The molecule has 10 aromatic rings. The number of hydrogen-bond donors (Lipinski definition) is 0. The van der Waals surface area contributed by atoms with Crippen molar-refractivity contribution in [3.8, 4) is 22.5 Å². The van der Waals surface area contributed by atoms with Gasteiger partial charge in [-0.2, -0.15) is 0 Å². The van der Waals surface area contributed by atoms with Crippen LogP contribution in [0.2, 0.25) is 0 Å². The van der Waals surface area contributed by atoms with Gasteiger partial charge in [-0.3, -0.25) is 0 Å². The van der Waals surface area contributed by atoms with Crippen molar-refractivity contribution in [1.29, 1.82) is 0 Å². The van der Waals surface area contributed by atoms with Gasteiger partial charge < -0.3 is 9.13 Å². The van der Waals surface area contributed by atoms with Crippen molar-refractivity contribution >= 4 is 65.2 Å². The molecule has 2 heterocycles. The van der Waals surface area contributed by atoms with Crippen molar-refractivity contribution in [2.45, 2.75) is 51.4 Å². The minimum Gasteiger partial charge on any atom is -0.309 e. The molecule has 0 N–H and O–H groups in total. The van der Waals surface area contributed by atoms with E-state index in [2.05, 4.69) is 195 Å². The van der Waals surface area contributed by atoms with E-state index in [1.165, 1.54) is 112 Å². The molecule has 0 bridgehead atoms. The first-order chi connectivity index (χ1) is 26.2. The van der Waals surface area contributed by atoms with Gasteiger partial charge in [-0.15, -0.1) is 0 Å². The van der Waals surface area contributed by atoms with Gasteiger partial charge in [0.1, 0.15) is 0 Å². The van der Waals surface area contributed by atoms with Crippen molar-refractivity contribution in [2.24, 2.45) is 0 Å². The van der Waals surface area contributed by atoms with Gasteiger partial charge in [0, 0.05) is 32.9 Å². The van der Waals surface area contributed by atoms with Crippen LogP contribution in [0.5, 0.6) is 0 Å². The molecule has 8 aromatic carbocycles. The minimum absolute atomic E-state index is 0.0942. The van der Waals surface area contributed by atoms with Crippen LogP contribution in [0.4, 0.5) is 0 Å². The van der Waals surface area contributed by atoms with Crippen LogP contribution in [0, 0.1) is 0 Å². The molecule has 0 unspecified atom stereocenters. The van der Waals surface area contributed by atoms with Crippen LogP contribution >= 0.6 is 0 Å². The van der Waals surface area contributed by atoms with E-state index in [0.717, 1.165) is 0 Å². The number of rotatable bonds is 3. The Morgan fingerprint density at radius 3 is 1.78 bits per heavy atom. The Morgan fingerprint density at radius 2 is 0.963 bits per heavy atom. The summed E-state index contributed by atoms with van der Waals surface area (Å²) in [6.07, 6.45) is 2.37. The topological polar surface area (TPSA) is 9.86 Å². The maximum atomic E-state index is 2.57. The van der Waals surface area contributed by atoms with Gasteiger partial charge >= 0.3 is 0 Å². The fourth-order valence-electron chi connectivity index (χ4n) is 9.68. The summed E-state index contributed by atoms with van der Waals surface area (Å²) >= 11 is 0. The first kappa shape index (κ1) is 31.4. The lowest BCUT2D eigenvalue weighted by Gasteiger charge is -2.42. The van der Waals surface area contributed by atoms with Crippen LogP contribution in [-0.2, 0) is 10.8 Å². The zero-order valence-corrected chi connectivity index (χ0v) is 31.3. The van der Waals surface area contributed by atoms with Crippen LogP contribution in [0.3, 0.4) is 0 Å². The monoisotopic (exact) mass is 694 g/mol. The van der Waals surface area contributed by atoms with E-state index in [1.54, 1.807) is 0 Å². The Morgan fingerprint density at radius 1 is 0.370 bits per heavy atom. The van der Waals surface area contributed by atoms with E-state index in [1.807, 2.05) is 0 Å². The van der Waals surface area contributed by atoms with Crippen LogP contribution in [-0.4, -0.2) is 9.13 Å². The molecule has 0 saturated carbocycles. The smallest absolute Gasteiger partial charge is 0.0562 e. The molecule has 0 amide bonds. The average Bonchev–Trinajstić information content (AvgIpc) is 3.70. The van der Waals surface area contributed by atoms with Gasteiger partial charge in [-0.1, -0.05) is 125 Å². The van der Waals surface area contributed by atoms with E-state index in [4.69, 9.17) is 0 Å². The van der Waals surface area contributed by atoms with Crippen molar-refractivity contribution in [1.82, 2.24) is 9.13 Å². The highest BCUT2D eigenvalue weighted by Gasteiger charge is 2.38.